The smallest absolute Gasteiger partial charge is 0.256 e. The third-order valence-electron chi connectivity index (χ3n) is 8.21. The molecule has 0 aromatic heterocycles. The second-order valence-electron chi connectivity index (χ2n) is 10.5. The molecule has 2 aliphatic carbocycles. The molecule has 5 rings (SSSR count). The SMILES string of the molecule is O=C([C@H](O)c1ccccc1)N(CC1C2CCC1CN(Cc1ccccc1)C2)[C@H]1CCC(F)(F)C1. The van der Waals surface area contributed by atoms with Crippen LogP contribution in [0.1, 0.15) is 49.3 Å². The van der Waals surface area contributed by atoms with Crippen molar-refractivity contribution in [3.63, 3.8) is 0 Å². The number of amides is 1. The van der Waals surface area contributed by atoms with E-state index in [0.29, 0.717) is 36.3 Å². The van der Waals surface area contributed by atoms with Crippen LogP contribution in [0.3, 0.4) is 0 Å². The van der Waals surface area contributed by atoms with Crippen molar-refractivity contribution in [2.75, 3.05) is 19.6 Å². The van der Waals surface area contributed by atoms with Crippen LogP contribution in [-0.2, 0) is 11.3 Å². The molecule has 1 amide bonds. The maximum absolute atomic E-state index is 14.1. The molecule has 2 bridgehead atoms. The molecule has 182 valence electrons. The lowest BCUT2D eigenvalue weighted by Gasteiger charge is -2.42. The van der Waals surface area contributed by atoms with E-state index in [1.54, 1.807) is 29.2 Å². The van der Waals surface area contributed by atoms with E-state index in [2.05, 4.69) is 29.2 Å². The number of carbonyl (C=O) groups is 1. The topological polar surface area (TPSA) is 43.8 Å². The fourth-order valence-corrected chi connectivity index (χ4v) is 6.48. The second-order valence-corrected chi connectivity index (χ2v) is 10.5. The number of benzene rings is 2. The molecule has 3 fully saturated rings. The number of halogens is 2. The summed E-state index contributed by atoms with van der Waals surface area (Å²) in [7, 11) is 0. The van der Waals surface area contributed by atoms with E-state index in [-0.39, 0.29) is 12.8 Å². The number of carbonyl (C=O) groups excluding carboxylic acids is 1. The van der Waals surface area contributed by atoms with Gasteiger partial charge >= 0.3 is 0 Å². The Morgan fingerprint density at radius 3 is 2.21 bits per heavy atom. The maximum atomic E-state index is 14.1. The van der Waals surface area contributed by atoms with Gasteiger partial charge in [0.05, 0.1) is 0 Å². The zero-order valence-electron chi connectivity index (χ0n) is 19.5. The van der Waals surface area contributed by atoms with Gasteiger partial charge in [0.1, 0.15) is 0 Å². The van der Waals surface area contributed by atoms with Crippen molar-refractivity contribution in [1.29, 1.82) is 0 Å². The number of nitrogens with zero attached hydrogens (tertiary/aromatic N) is 2. The van der Waals surface area contributed by atoms with Crippen LogP contribution >= 0.6 is 0 Å². The number of hydrogen-bond acceptors (Lipinski definition) is 3. The fourth-order valence-electron chi connectivity index (χ4n) is 6.48. The van der Waals surface area contributed by atoms with Gasteiger partial charge in [-0.2, -0.15) is 0 Å². The molecule has 2 aromatic rings. The van der Waals surface area contributed by atoms with Crippen LogP contribution < -0.4 is 0 Å². The Labute approximate surface area is 200 Å². The molecule has 1 aliphatic heterocycles. The number of alkyl halides is 2. The molecule has 34 heavy (non-hydrogen) atoms. The molecule has 6 heteroatoms. The molecule has 1 saturated heterocycles. The standard InChI is InChI=1S/C28H34F2N2O2/c29-28(30)14-13-24(15-28)32(27(34)26(33)21-9-5-2-6-10-21)19-25-22-11-12-23(25)18-31(17-22)16-20-7-3-1-4-8-20/h1-10,22-26,33H,11-19H2/t22?,23?,24-,25?,26+/m0/s1. The van der Waals surface area contributed by atoms with Gasteiger partial charge in [-0.1, -0.05) is 60.7 Å². The molecule has 0 spiro atoms. The highest BCUT2D eigenvalue weighted by atomic mass is 19.3. The molecular weight excluding hydrogens is 434 g/mol. The van der Waals surface area contributed by atoms with Crippen LogP contribution in [0.25, 0.3) is 0 Å². The number of fused-ring (bicyclic) bond motifs is 2. The highest BCUT2D eigenvalue weighted by Gasteiger charge is 2.48. The first-order valence-corrected chi connectivity index (χ1v) is 12.6. The number of piperidine rings is 1. The largest absolute Gasteiger partial charge is 0.378 e. The summed E-state index contributed by atoms with van der Waals surface area (Å²) in [6, 6.07) is 18.8. The molecule has 4 atom stereocenters. The van der Waals surface area contributed by atoms with Gasteiger partial charge in [0.2, 0.25) is 5.92 Å². The summed E-state index contributed by atoms with van der Waals surface area (Å²) in [4.78, 5) is 17.6. The van der Waals surface area contributed by atoms with Crippen molar-refractivity contribution in [3.05, 3.63) is 71.8 Å². The average Bonchev–Trinajstić information content (AvgIpc) is 3.31. The highest BCUT2D eigenvalue weighted by Crippen LogP contribution is 2.45. The van der Waals surface area contributed by atoms with E-state index in [1.807, 2.05) is 12.1 Å². The van der Waals surface area contributed by atoms with E-state index in [9.17, 15) is 18.7 Å². The Balaban J connectivity index is 1.31. The minimum absolute atomic E-state index is 0.189. The number of hydrogen-bond donors (Lipinski definition) is 1. The van der Waals surface area contributed by atoms with E-state index < -0.39 is 24.0 Å². The lowest BCUT2D eigenvalue weighted by Crippen LogP contribution is -2.50. The Hall–Kier alpha value is -2.31. The summed E-state index contributed by atoms with van der Waals surface area (Å²) < 4.78 is 28.3. The number of likely N-dealkylation sites (tertiary alicyclic amines) is 1. The fraction of sp³-hybridized carbons (Fsp3) is 0.536. The van der Waals surface area contributed by atoms with Gasteiger partial charge in [-0.05, 0) is 48.1 Å². The highest BCUT2D eigenvalue weighted by molar-refractivity contribution is 5.82. The zero-order chi connectivity index (χ0) is 23.7. The van der Waals surface area contributed by atoms with Gasteiger partial charge < -0.3 is 10.0 Å². The van der Waals surface area contributed by atoms with E-state index in [0.717, 1.165) is 32.5 Å². The van der Waals surface area contributed by atoms with E-state index >= 15 is 0 Å². The molecule has 2 saturated carbocycles. The van der Waals surface area contributed by atoms with Gasteiger partial charge in [-0.15, -0.1) is 0 Å². The lowest BCUT2D eigenvalue weighted by molar-refractivity contribution is -0.145. The summed E-state index contributed by atoms with van der Waals surface area (Å²) >= 11 is 0. The maximum Gasteiger partial charge on any atom is 0.256 e. The predicted molar refractivity (Wildman–Crippen MR) is 127 cm³/mol. The molecule has 2 aromatic carbocycles. The summed E-state index contributed by atoms with van der Waals surface area (Å²) in [6.45, 7) is 3.34. The Morgan fingerprint density at radius 2 is 1.62 bits per heavy atom. The van der Waals surface area contributed by atoms with E-state index in [1.165, 1.54) is 5.56 Å². The molecule has 1 N–H and O–H groups in total. The van der Waals surface area contributed by atoms with Crippen molar-refractivity contribution in [2.24, 2.45) is 17.8 Å². The number of aliphatic hydroxyl groups is 1. The molecule has 1 heterocycles. The van der Waals surface area contributed by atoms with Crippen LogP contribution in [0.2, 0.25) is 0 Å². The molecule has 0 radical (unpaired) electrons. The first kappa shape index (κ1) is 23.4. The van der Waals surface area contributed by atoms with Gasteiger partial charge in [0, 0.05) is 45.1 Å². The number of rotatable bonds is 7. The van der Waals surface area contributed by atoms with Gasteiger partial charge in [0.15, 0.2) is 6.10 Å². The Kier molecular flexibility index (Phi) is 6.72. The Morgan fingerprint density at radius 1 is 1.00 bits per heavy atom. The first-order chi connectivity index (χ1) is 16.4. The monoisotopic (exact) mass is 468 g/mol. The van der Waals surface area contributed by atoms with Gasteiger partial charge in [-0.3, -0.25) is 9.69 Å². The minimum atomic E-state index is -2.74. The van der Waals surface area contributed by atoms with Crippen molar-refractivity contribution in [2.45, 2.75) is 56.7 Å². The summed E-state index contributed by atoms with van der Waals surface area (Å²) in [5.74, 6) is -1.96. The summed E-state index contributed by atoms with van der Waals surface area (Å²) in [5, 5.41) is 10.8. The van der Waals surface area contributed by atoms with E-state index in [4.69, 9.17) is 0 Å². The van der Waals surface area contributed by atoms with Gasteiger partial charge in [0.25, 0.3) is 5.91 Å². The quantitative estimate of drug-likeness (QED) is 0.629. The van der Waals surface area contributed by atoms with Crippen molar-refractivity contribution < 1.29 is 18.7 Å². The third kappa shape index (κ3) is 5.03. The lowest BCUT2D eigenvalue weighted by atomic mass is 9.84. The third-order valence-corrected chi connectivity index (χ3v) is 8.21. The van der Waals surface area contributed by atoms with Crippen LogP contribution in [0.5, 0.6) is 0 Å². The molecule has 2 unspecified atom stereocenters. The predicted octanol–water partition coefficient (Wildman–Crippen LogP) is 4.89. The van der Waals surface area contributed by atoms with Crippen LogP contribution in [0.15, 0.2) is 60.7 Å². The molecular formula is C28H34F2N2O2. The van der Waals surface area contributed by atoms with Crippen molar-refractivity contribution >= 4 is 5.91 Å². The van der Waals surface area contributed by atoms with Crippen molar-refractivity contribution in [3.8, 4) is 0 Å². The summed E-state index contributed by atoms with van der Waals surface area (Å²) in [5.41, 5.74) is 1.82. The minimum Gasteiger partial charge on any atom is -0.378 e. The van der Waals surface area contributed by atoms with Crippen molar-refractivity contribution in [1.82, 2.24) is 9.80 Å². The summed E-state index contributed by atoms with van der Waals surface area (Å²) in [6.07, 6.45) is 0.720. The number of aliphatic hydroxyl groups excluding tert-OH is 1. The first-order valence-electron chi connectivity index (χ1n) is 12.6. The molecule has 3 aliphatic rings. The van der Waals surface area contributed by atoms with Gasteiger partial charge in [-0.25, -0.2) is 8.78 Å². The Bertz CT molecular complexity index is 957. The van der Waals surface area contributed by atoms with Crippen LogP contribution in [0, 0.1) is 17.8 Å². The normalized spacial score (nSPS) is 29.1. The second kappa shape index (κ2) is 9.74. The van der Waals surface area contributed by atoms with Crippen LogP contribution in [-0.4, -0.2) is 52.4 Å². The van der Waals surface area contributed by atoms with Crippen LogP contribution in [0.4, 0.5) is 8.78 Å². The zero-order valence-corrected chi connectivity index (χ0v) is 19.5. The molecule has 4 nitrogen and oxygen atoms in total. The average molecular weight is 469 g/mol.